The summed E-state index contributed by atoms with van der Waals surface area (Å²) in [5.74, 6) is 2.42. The molecule has 0 spiro atoms. The maximum Gasteiger partial charge on any atom is 0.159 e. The Hall–Kier alpha value is -2.14. The molecule has 0 aromatic heterocycles. The first-order valence-corrected chi connectivity index (χ1v) is 7.55. The van der Waals surface area contributed by atoms with Crippen molar-refractivity contribution in [2.45, 2.75) is 0 Å². The number of rotatable bonds is 6. The first kappa shape index (κ1) is 15.3. The van der Waals surface area contributed by atoms with Crippen LogP contribution in [0.4, 0.5) is 5.69 Å². The third kappa shape index (κ3) is 5.39. The van der Waals surface area contributed by atoms with Crippen molar-refractivity contribution in [3.05, 3.63) is 54.6 Å². The summed E-state index contributed by atoms with van der Waals surface area (Å²) in [5.41, 5.74) is 6.69. The van der Waals surface area contributed by atoms with Crippen LogP contribution in [-0.4, -0.2) is 24.6 Å². The molecule has 0 amide bonds. The Balaban J connectivity index is 1.75. The van der Waals surface area contributed by atoms with Crippen LogP contribution in [-0.2, 0) is 0 Å². The first-order valence-electron chi connectivity index (χ1n) is 6.57. The lowest BCUT2D eigenvalue weighted by Crippen LogP contribution is -2.10. The summed E-state index contributed by atoms with van der Waals surface area (Å²) in [5, 5.41) is 0.525. The lowest BCUT2D eigenvalue weighted by molar-refractivity contribution is 0.344. The Morgan fingerprint density at radius 1 is 1.05 bits per heavy atom. The smallest absolute Gasteiger partial charge is 0.159 e. The minimum Gasteiger partial charge on any atom is -0.497 e. The van der Waals surface area contributed by atoms with E-state index >= 15 is 0 Å². The number of nitrogens with two attached hydrogens (primary N) is 1. The van der Waals surface area contributed by atoms with E-state index in [1.54, 1.807) is 7.11 Å². The van der Waals surface area contributed by atoms with Crippen molar-refractivity contribution in [3.63, 3.8) is 0 Å². The van der Waals surface area contributed by atoms with Crippen molar-refractivity contribution >= 4 is 22.6 Å². The number of hydrogen-bond donors (Lipinski definition) is 1. The average molecular weight is 302 g/mol. The standard InChI is InChI=1S/C16H18N2O2S/c1-19-14-9-7-13(8-10-14)18-16(17)21-12-11-20-15-5-3-2-4-6-15/h2-10H,11-12H2,1H3,(H2,17,18). The normalized spacial score (nSPS) is 11.2. The molecule has 0 aliphatic rings. The van der Waals surface area contributed by atoms with E-state index in [0.717, 1.165) is 22.9 Å². The second-order valence-corrected chi connectivity index (χ2v) is 5.27. The van der Waals surface area contributed by atoms with Gasteiger partial charge in [0.15, 0.2) is 5.17 Å². The average Bonchev–Trinajstić information content (AvgIpc) is 2.53. The zero-order chi connectivity index (χ0) is 14.9. The van der Waals surface area contributed by atoms with Gasteiger partial charge in [0.05, 0.1) is 19.4 Å². The highest BCUT2D eigenvalue weighted by Gasteiger charge is 1.98. The van der Waals surface area contributed by atoms with Crippen LogP contribution >= 0.6 is 11.8 Å². The summed E-state index contributed by atoms with van der Waals surface area (Å²) in [6, 6.07) is 17.2. The fourth-order valence-corrected chi connectivity index (χ4v) is 2.18. The van der Waals surface area contributed by atoms with Crippen molar-refractivity contribution in [1.82, 2.24) is 0 Å². The SMILES string of the molecule is COc1ccc(N=C(N)SCCOc2ccccc2)cc1. The van der Waals surface area contributed by atoms with E-state index < -0.39 is 0 Å². The Morgan fingerprint density at radius 3 is 2.43 bits per heavy atom. The molecule has 21 heavy (non-hydrogen) atoms. The molecule has 0 bridgehead atoms. The summed E-state index contributed by atoms with van der Waals surface area (Å²) >= 11 is 1.47. The molecule has 2 N–H and O–H groups in total. The molecule has 0 unspecified atom stereocenters. The van der Waals surface area contributed by atoms with Gasteiger partial charge in [-0.2, -0.15) is 0 Å². The molecule has 0 heterocycles. The van der Waals surface area contributed by atoms with Crippen LogP contribution in [0.1, 0.15) is 0 Å². The summed E-state index contributed by atoms with van der Waals surface area (Å²) in [6.45, 7) is 0.591. The Kier molecular flexibility index (Phi) is 5.97. The third-order valence-electron chi connectivity index (χ3n) is 2.66. The van der Waals surface area contributed by atoms with E-state index in [-0.39, 0.29) is 0 Å². The third-order valence-corrected chi connectivity index (χ3v) is 3.41. The van der Waals surface area contributed by atoms with Crippen LogP contribution in [0.5, 0.6) is 11.5 Å². The van der Waals surface area contributed by atoms with Gasteiger partial charge in [-0.05, 0) is 36.4 Å². The summed E-state index contributed by atoms with van der Waals surface area (Å²) < 4.78 is 10.7. The highest BCUT2D eigenvalue weighted by Crippen LogP contribution is 2.19. The van der Waals surface area contributed by atoms with E-state index in [1.165, 1.54) is 11.8 Å². The van der Waals surface area contributed by atoms with Crippen molar-refractivity contribution < 1.29 is 9.47 Å². The Morgan fingerprint density at radius 2 is 1.76 bits per heavy atom. The van der Waals surface area contributed by atoms with Crippen LogP contribution in [0.2, 0.25) is 0 Å². The Bertz CT molecular complexity index is 571. The molecule has 0 aliphatic carbocycles. The molecule has 0 atom stereocenters. The lowest BCUT2D eigenvalue weighted by atomic mass is 10.3. The van der Waals surface area contributed by atoms with E-state index in [1.807, 2.05) is 54.6 Å². The van der Waals surface area contributed by atoms with Gasteiger partial charge in [0.1, 0.15) is 11.5 Å². The molecule has 110 valence electrons. The molecule has 0 fully saturated rings. The molecule has 0 aliphatic heterocycles. The van der Waals surface area contributed by atoms with Gasteiger partial charge in [-0.3, -0.25) is 0 Å². The van der Waals surface area contributed by atoms with Crippen LogP contribution in [0.15, 0.2) is 59.6 Å². The number of aliphatic imine (C=N–C) groups is 1. The van der Waals surface area contributed by atoms with E-state index in [4.69, 9.17) is 15.2 Å². The quantitative estimate of drug-likeness (QED) is 0.504. The second-order valence-electron chi connectivity index (χ2n) is 4.16. The van der Waals surface area contributed by atoms with E-state index in [2.05, 4.69) is 4.99 Å². The lowest BCUT2D eigenvalue weighted by Gasteiger charge is -2.05. The topological polar surface area (TPSA) is 56.8 Å². The number of nitrogens with zero attached hydrogens (tertiary/aromatic N) is 1. The predicted octanol–water partition coefficient (Wildman–Crippen LogP) is 3.45. The number of thioether (sulfide) groups is 1. The minimum absolute atomic E-state index is 0.525. The molecule has 0 radical (unpaired) electrons. The van der Waals surface area contributed by atoms with Gasteiger partial charge in [0.2, 0.25) is 0 Å². The number of ether oxygens (including phenoxy) is 2. The van der Waals surface area contributed by atoms with Crippen molar-refractivity contribution in [1.29, 1.82) is 0 Å². The van der Waals surface area contributed by atoms with Gasteiger partial charge in [0.25, 0.3) is 0 Å². The van der Waals surface area contributed by atoms with Crippen LogP contribution < -0.4 is 15.2 Å². The van der Waals surface area contributed by atoms with Gasteiger partial charge in [0, 0.05) is 5.75 Å². The van der Waals surface area contributed by atoms with Crippen molar-refractivity contribution in [3.8, 4) is 11.5 Å². The highest BCUT2D eigenvalue weighted by atomic mass is 32.2. The maximum atomic E-state index is 5.88. The molecular weight excluding hydrogens is 284 g/mol. The predicted molar refractivity (Wildman–Crippen MR) is 88.7 cm³/mol. The Labute approximate surface area is 129 Å². The number of benzene rings is 2. The molecule has 0 saturated carbocycles. The van der Waals surface area contributed by atoms with Gasteiger partial charge in [-0.15, -0.1) is 0 Å². The maximum absolute atomic E-state index is 5.88. The second kappa shape index (κ2) is 8.21. The molecular formula is C16H18N2O2S. The number of para-hydroxylation sites is 1. The number of hydrogen-bond acceptors (Lipinski definition) is 4. The van der Waals surface area contributed by atoms with Gasteiger partial charge in [-0.1, -0.05) is 30.0 Å². The van der Waals surface area contributed by atoms with Crippen LogP contribution in [0.3, 0.4) is 0 Å². The summed E-state index contributed by atoms with van der Waals surface area (Å²) in [4.78, 5) is 4.33. The largest absolute Gasteiger partial charge is 0.497 e. The van der Waals surface area contributed by atoms with E-state index in [9.17, 15) is 0 Å². The monoisotopic (exact) mass is 302 g/mol. The van der Waals surface area contributed by atoms with Gasteiger partial charge in [-0.25, -0.2) is 4.99 Å². The van der Waals surface area contributed by atoms with E-state index in [0.29, 0.717) is 11.8 Å². The number of methoxy groups -OCH3 is 1. The fraction of sp³-hybridized carbons (Fsp3) is 0.188. The zero-order valence-corrected chi connectivity index (χ0v) is 12.7. The minimum atomic E-state index is 0.525. The summed E-state index contributed by atoms with van der Waals surface area (Å²) in [6.07, 6.45) is 0. The number of amidine groups is 1. The van der Waals surface area contributed by atoms with Crippen LogP contribution in [0, 0.1) is 0 Å². The van der Waals surface area contributed by atoms with Crippen molar-refractivity contribution in [2.75, 3.05) is 19.5 Å². The van der Waals surface area contributed by atoms with Crippen molar-refractivity contribution in [2.24, 2.45) is 10.7 Å². The van der Waals surface area contributed by atoms with Crippen LogP contribution in [0.25, 0.3) is 0 Å². The molecule has 5 heteroatoms. The highest BCUT2D eigenvalue weighted by molar-refractivity contribution is 8.13. The molecule has 2 rings (SSSR count). The summed E-state index contributed by atoms with van der Waals surface area (Å²) in [7, 11) is 1.63. The fourth-order valence-electron chi connectivity index (χ4n) is 1.64. The molecule has 2 aromatic carbocycles. The first-order chi connectivity index (χ1) is 10.3. The molecule has 2 aromatic rings. The molecule has 0 saturated heterocycles. The zero-order valence-electron chi connectivity index (χ0n) is 11.9. The molecule has 4 nitrogen and oxygen atoms in total. The van der Waals surface area contributed by atoms with Gasteiger partial charge >= 0.3 is 0 Å². The van der Waals surface area contributed by atoms with Gasteiger partial charge < -0.3 is 15.2 Å².